The third-order valence-electron chi connectivity index (χ3n) is 4.01. The molecule has 0 radical (unpaired) electrons. The molecule has 3 heterocycles. The second-order valence-corrected chi connectivity index (χ2v) is 4.89. The predicted octanol–water partition coefficient (Wildman–Crippen LogP) is 1.35. The summed E-state index contributed by atoms with van der Waals surface area (Å²) in [6.45, 7) is 3.99. The number of nitrogens with zero attached hydrogens (tertiary/aromatic N) is 1. The first-order valence-corrected chi connectivity index (χ1v) is 6.12. The molecule has 2 fully saturated rings. The molecular formula is C13H18N2O. The summed E-state index contributed by atoms with van der Waals surface area (Å²) in [6.07, 6.45) is 4.40. The van der Waals surface area contributed by atoms with Gasteiger partial charge in [-0.3, -0.25) is 4.98 Å². The molecule has 1 N–H and O–H groups in total. The number of aromatic nitrogens is 1. The molecule has 1 aromatic heterocycles. The highest BCUT2D eigenvalue weighted by Crippen LogP contribution is 2.42. The predicted molar refractivity (Wildman–Crippen MR) is 62.3 cm³/mol. The first-order chi connectivity index (χ1) is 7.92. The quantitative estimate of drug-likeness (QED) is 0.813. The van der Waals surface area contributed by atoms with Gasteiger partial charge in [-0.1, -0.05) is 6.07 Å². The summed E-state index contributed by atoms with van der Waals surface area (Å²) in [5.74, 6) is 0.734. The Morgan fingerprint density at radius 3 is 2.62 bits per heavy atom. The summed E-state index contributed by atoms with van der Waals surface area (Å²) in [4.78, 5) is 4.55. The van der Waals surface area contributed by atoms with E-state index in [4.69, 9.17) is 4.74 Å². The van der Waals surface area contributed by atoms with Crippen molar-refractivity contribution in [3.8, 4) is 0 Å². The maximum atomic E-state index is 5.49. The lowest BCUT2D eigenvalue weighted by Crippen LogP contribution is -2.55. The molecule has 0 atom stereocenters. The van der Waals surface area contributed by atoms with E-state index in [0.717, 1.165) is 32.2 Å². The van der Waals surface area contributed by atoms with Crippen LogP contribution in [0.3, 0.4) is 0 Å². The number of hydrogen-bond acceptors (Lipinski definition) is 3. The first kappa shape index (κ1) is 10.2. The van der Waals surface area contributed by atoms with Crippen LogP contribution in [0.1, 0.15) is 18.5 Å². The molecule has 2 saturated heterocycles. The van der Waals surface area contributed by atoms with Crippen LogP contribution in [0.4, 0.5) is 0 Å². The van der Waals surface area contributed by atoms with Crippen molar-refractivity contribution in [1.29, 1.82) is 0 Å². The Labute approximate surface area is 96.2 Å². The molecule has 2 aliphatic rings. The van der Waals surface area contributed by atoms with Gasteiger partial charge < -0.3 is 10.1 Å². The molecule has 0 amide bonds. The van der Waals surface area contributed by atoms with Gasteiger partial charge in [0.1, 0.15) is 0 Å². The average Bonchev–Trinajstić information content (AvgIpc) is 2.31. The van der Waals surface area contributed by atoms with Crippen molar-refractivity contribution < 1.29 is 4.74 Å². The van der Waals surface area contributed by atoms with Crippen molar-refractivity contribution in [3.05, 3.63) is 30.1 Å². The molecule has 3 heteroatoms. The zero-order valence-corrected chi connectivity index (χ0v) is 9.48. The van der Waals surface area contributed by atoms with E-state index in [1.807, 2.05) is 12.3 Å². The fraction of sp³-hybridized carbons (Fsp3) is 0.615. The van der Waals surface area contributed by atoms with Crippen LogP contribution in [0.25, 0.3) is 0 Å². The lowest BCUT2D eigenvalue weighted by molar-refractivity contribution is -0.0985. The van der Waals surface area contributed by atoms with Gasteiger partial charge in [-0.05, 0) is 44.0 Å². The van der Waals surface area contributed by atoms with Crippen molar-refractivity contribution in [3.63, 3.8) is 0 Å². The topological polar surface area (TPSA) is 34.1 Å². The molecule has 86 valence electrons. The van der Waals surface area contributed by atoms with E-state index >= 15 is 0 Å². The lowest BCUT2D eigenvalue weighted by Gasteiger charge is -2.48. The van der Waals surface area contributed by atoms with Crippen LogP contribution in [0.5, 0.6) is 0 Å². The maximum absolute atomic E-state index is 5.49. The van der Waals surface area contributed by atoms with Crippen LogP contribution in [-0.2, 0) is 10.2 Å². The van der Waals surface area contributed by atoms with Gasteiger partial charge in [0, 0.05) is 6.20 Å². The average molecular weight is 218 g/mol. The van der Waals surface area contributed by atoms with E-state index in [1.54, 1.807) is 0 Å². The number of hydrogen-bond donors (Lipinski definition) is 1. The Bertz CT molecular complexity index is 342. The highest BCUT2D eigenvalue weighted by molar-refractivity contribution is 5.22. The molecule has 16 heavy (non-hydrogen) atoms. The van der Waals surface area contributed by atoms with E-state index in [1.165, 1.54) is 18.5 Å². The molecular weight excluding hydrogens is 200 g/mol. The maximum Gasteiger partial charge on any atom is 0.0622 e. The summed E-state index contributed by atoms with van der Waals surface area (Å²) in [5, 5.41) is 3.43. The molecule has 3 nitrogen and oxygen atoms in total. The van der Waals surface area contributed by atoms with E-state index < -0.39 is 0 Å². The largest absolute Gasteiger partial charge is 0.379 e. The van der Waals surface area contributed by atoms with Crippen LogP contribution < -0.4 is 5.32 Å². The van der Waals surface area contributed by atoms with E-state index in [-0.39, 0.29) is 5.41 Å². The zero-order chi connectivity index (χ0) is 10.8. The van der Waals surface area contributed by atoms with Crippen LogP contribution in [-0.4, -0.2) is 31.3 Å². The standard InChI is InChI=1S/C13H18N2O/c1-2-6-15-12(3-1)13(9-16-10-13)11-4-7-14-8-5-11/h1-3,6,11,14H,4-5,7-10H2. The highest BCUT2D eigenvalue weighted by Gasteiger charge is 2.47. The van der Waals surface area contributed by atoms with Crippen LogP contribution in [0, 0.1) is 5.92 Å². The van der Waals surface area contributed by atoms with Gasteiger partial charge in [-0.25, -0.2) is 0 Å². The van der Waals surface area contributed by atoms with Crippen molar-refractivity contribution in [2.24, 2.45) is 5.92 Å². The molecule has 2 aliphatic heterocycles. The number of pyridine rings is 1. The van der Waals surface area contributed by atoms with Crippen molar-refractivity contribution in [2.45, 2.75) is 18.3 Å². The summed E-state index contributed by atoms with van der Waals surface area (Å²) < 4.78 is 5.49. The van der Waals surface area contributed by atoms with Gasteiger partial charge in [-0.15, -0.1) is 0 Å². The number of ether oxygens (including phenoxy) is 1. The molecule has 0 bridgehead atoms. The Morgan fingerprint density at radius 2 is 2.06 bits per heavy atom. The van der Waals surface area contributed by atoms with Gasteiger partial charge in [0.25, 0.3) is 0 Å². The minimum absolute atomic E-state index is 0.212. The summed E-state index contributed by atoms with van der Waals surface area (Å²) in [7, 11) is 0. The smallest absolute Gasteiger partial charge is 0.0622 e. The van der Waals surface area contributed by atoms with E-state index in [2.05, 4.69) is 22.4 Å². The second kappa shape index (κ2) is 4.15. The third kappa shape index (κ3) is 1.55. The molecule has 0 aliphatic carbocycles. The van der Waals surface area contributed by atoms with Crippen molar-refractivity contribution in [1.82, 2.24) is 10.3 Å². The van der Waals surface area contributed by atoms with Crippen molar-refractivity contribution in [2.75, 3.05) is 26.3 Å². The summed E-state index contributed by atoms with van der Waals surface area (Å²) in [5.41, 5.74) is 1.44. The molecule has 0 unspecified atom stereocenters. The van der Waals surface area contributed by atoms with Crippen LogP contribution in [0.2, 0.25) is 0 Å². The van der Waals surface area contributed by atoms with Gasteiger partial charge in [0.05, 0.1) is 24.3 Å². The monoisotopic (exact) mass is 218 g/mol. The SMILES string of the molecule is c1ccc(C2(C3CCNCC3)COC2)nc1. The van der Waals surface area contributed by atoms with Crippen LogP contribution in [0.15, 0.2) is 24.4 Å². The Hall–Kier alpha value is -0.930. The van der Waals surface area contributed by atoms with Gasteiger partial charge in [0.2, 0.25) is 0 Å². The molecule has 1 aromatic rings. The molecule has 0 saturated carbocycles. The third-order valence-corrected chi connectivity index (χ3v) is 4.01. The minimum atomic E-state index is 0.212. The van der Waals surface area contributed by atoms with E-state index in [0.29, 0.717) is 0 Å². The zero-order valence-electron chi connectivity index (χ0n) is 9.48. The second-order valence-electron chi connectivity index (χ2n) is 4.89. The van der Waals surface area contributed by atoms with E-state index in [9.17, 15) is 0 Å². The van der Waals surface area contributed by atoms with Gasteiger partial charge >= 0.3 is 0 Å². The fourth-order valence-corrected chi connectivity index (χ4v) is 2.95. The number of nitrogens with one attached hydrogen (secondary N) is 1. The molecule has 3 rings (SSSR count). The van der Waals surface area contributed by atoms with Gasteiger partial charge in [-0.2, -0.15) is 0 Å². The normalized spacial score (nSPS) is 25.0. The summed E-state index contributed by atoms with van der Waals surface area (Å²) in [6, 6.07) is 6.23. The summed E-state index contributed by atoms with van der Waals surface area (Å²) >= 11 is 0. The number of piperidine rings is 1. The highest BCUT2D eigenvalue weighted by atomic mass is 16.5. The van der Waals surface area contributed by atoms with Crippen molar-refractivity contribution >= 4 is 0 Å². The first-order valence-electron chi connectivity index (χ1n) is 6.12. The fourth-order valence-electron chi connectivity index (χ4n) is 2.95. The minimum Gasteiger partial charge on any atom is -0.379 e. The van der Waals surface area contributed by atoms with Gasteiger partial charge in [0.15, 0.2) is 0 Å². The Kier molecular flexibility index (Phi) is 2.65. The van der Waals surface area contributed by atoms with Crippen LogP contribution >= 0.6 is 0 Å². The Morgan fingerprint density at radius 1 is 1.25 bits per heavy atom. The molecule has 0 aromatic carbocycles. The Balaban J connectivity index is 1.87. The number of rotatable bonds is 2. The molecule has 0 spiro atoms. The lowest BCUT2D eigenvalue weighted by atomic mass is 9.67.